The first-order valence-corrected chi connectivity index (χ1v) is 13.2. The molecule has 204 valence electrons. The normalized spacial score (nSPS) is 14.2. The van der Waals surface area contributed by atoms with Crippen molar-refractivity contribution < 1.29 is 22.3 Å². The summed E-state index contributed by atoms with van der Waals surface area (Å²) in [6.45, 7) is 5.35. The number of ether oxygens (including phenoxy) is 1. The SMILES string of the molecule is CC(C)COc1cccc2c3c(ccc4cc[nH]c43)c3c4c(nn3c12)CCN(c1ncc(C(F)(F)F)cc1F)C4. The summed E-state index contributed by atoms with van der Waals surface area (Å²) in [6.07, 6.45) is -1.58. The van der Waals surface area contributed by atoms with Gasteiger partial charge in [-0.3, -0.25) is 0 Å². The van der Waals surface area contributed by atoms with Crippen molar-refractivity contribution in [1.29, 1.82) is 0 Å². The van der Waals surface area contributed by atoms with Crippen LogP contribution in [0, 0.1) is 11.7 Å². The van der Waals surface area contributed by atoms with Gasteiger partial charge in [0.2, 0.25) is 0 Å². The van der Waals surface area contributed by atoms with Gasteiger partial charge in [-0.2, -0.15) is 18.3 Å². The Hall–Kier alpha value is -4.34. The lowest BCUT2D eigenvalue weighted by molar-refractivity contribution is -0.138. The number of H-pyrrole nitrogens is 1. The predicted octanol–water partition coefficient (Wildman–Crippen LogP) is 7.27. The molecular formula is C30H25F4N5O. The minimum absolute atomic E-state index is 0.101. The van der Waals surface area contributed by atoms with E-state index in [9.17, 15) is 17.6 Å². The molecule has 0 aliphatic carbocycles. The molecule has 6 nitrogen and oxygen atoms in total. The monoisotopic (exact) mass is 547 g/mol. The number of fused-ring (bicyclic) bond motifs is 10. The highest BCUT2D eigenvalue weighted by atomic mass is 19.4. The van der Waals surface area contributed by atoms with Crippen LogP contribution in [-0.2, 0) is 19.1 Å². The molecule has 0 saturated heterocycles. The van der Waals surface area contributed by atoms with E-state index in [-0.39, 0.29) is 12.4 Å². The van der Waals surface area contributed by atoms with Gasteiger partial charge in [0.1, 0.15) is 11.3 Å². The van der Waals surface area contributed by atoms with Crippen molar-refractivity contribution in [3.05, 3.63) is 77.5 Å². The van der Waals surface area contributed by atoms with Gasteiger partial charge in [-0.15, -0.1) is 0 Å². The fourth-order valence-corrected chi connectivity index (χ4v) is 5.73. The van der Waals surface area contributed by atoms with E-state index in [1.54, 1.807) is 4.90 Å². The largest absolute Gasteiger partial charge is 0.491 e. The second-order valence-corrected chi connectivity index (χ2v) is 10.7. The molecule has 5 heterocycles. The molecule has 0 spiro atoms. The number of aromatic nitrogens is 4. The summed E-state index contributed by atoms with van der Waals surface area (Å²) in [6, 6.07) is 12.6. The van der Waals surface area contributed by atoms with E-state index in [0.717, 1.165) is 49.4 Å². The molecule has 0 atom stereocenters. The highest BCUT2D eigenvalue weighted by Gasteiger charge is 2.33. The smallest absolute Gasteiger partial charge is 0.417 e. The van der Waals surface area contributed by atoms with Gasteiger partial charge in [-0.05, 0) is 24.1 Å². The molecule has 1 N–H and O–H groups in total. The van der Waals surface area contributed by atoms with Crippen molar-refractivity contribution in [1.82, 2.24) is 19.6 Å². The molecule has 1 aliphatic rings. The Morgan fingerprint density at radius 1 is 1.07 bits per heavy atom. The van der Waals surface area contributed by atoms with Gasteiger partial charge in [0.15, 0.2) is 11.6 Å². The van der Waals surface area contributed by atoms with Crippen molar-refractivity contribution in [2.75, 3.05) is 18.1 Å². The van der Waals surface area contributed by atoms with Gasteiger partial charge >= 0.3 is 6.18 Å². The van der Waals surface area contributed by atoms with E-state index >= 15 is 0 Å². The van der Waals surface area contributed by atoms with Crippen molar-refractivity contribution in [2.45, 2.75) is 33.0 Å². The third-order valence-electron chi connectivity index (χ3n) is 7.52. The van der Waals surface area contributed by atoms with Crippen LogP contribution >= 0.6 is 0 Å². The lowest BCUT2D eigenvalue weighted by Gasteiger charge is -2.28. The zero-order valence-electron chi connectivity index (χ0n) is 21.8. The zero-order chi connectivity index (χ0) is 27.8. The number of anilines is 1. The van der Waals surface area contributed by atoms with Crippen molar-refractivity contribution in [3.63, 3.8) is 0 Å². The van der Waals surface area contributed by atoms with E-state index in [1.165, 1.54) is 0 Å². The third kappa shape index (κ3) is 3.76. The first-order chi connectivity index (χ1) is 19.2. The van der Waals surface area contributed by atoms with Crippen LogP contribution in [0.5, 0.6) is 5.75 Å². The quantitative estimate of drug-likeness (QED) is 0.186. The van der Waals surface area contributed by atoms with Gasteiger partial charge in [-0.1, -0.05) is 38.1 Å². The number of nitrogens with zero attached hydrogens (tertiary/aromatic N) is 4. The molecule has 0 amide bonds. The molecule has 0 fully saturated rings. The van der Waals surface area contributed by atoms with Crippen LogP contribution in [0.4, 0.5) is 23.4 Å². The molecule has 6 aromatic rings. The number of aromatic amines is 1. The van der Waals surface area contributed by atoms with Crippen LogP contribution in [0.1, 0.15) is 30.7 Å². The van der Waals surface area contributed by atoms with Crippen molar-refractivity contribution in [2.24, 2.45) is 5.92 Å². The average Bonchev–Trinajstić information content (AvgIpc) is 3.55. The second kappa shape index (κ2) is 8.84. The van der Waals surface area contributed by atoms with Crippen LogP contribution in [0.3, 0.4) is 0 Å². The Balaban J connectivity index is 1.47. The highest BCUT2D eigenvalue weighted by Crippen LogP contribution is 2.41. The van der Waals surface area contributed by atoms with Crippen LogP contribution in [0.2, 0.25) is 0 Å². The lowest BCUT2D eigenvalue weighted by atomic mass is 9.98. The first kappa shape index (κ1) is 24.7. The fourth-order valence-electron chi connectivity index (χ4n) is 5.73. The van der Waals surface area contributed by atoms with Gasteiger partial charge in [0.25, 0.3) is 0 Å². The van der Waals surface area contributed by atoms with Crippen LogP contribution in [0.15, 0.2) is 54.9 Å². The van der Waals surface area contributed by atoms with Gasteiger partial charge < -0.3 is 14.6 Å². The Morgan fingerprint density at radius 2 is 1.90 bits per heavy atom. The summed E-state index contributed by atoms with van der Waals surface area (Å²) in [4.78, 5) is 8.96. The molecule has 0 bridgehead atoms. The Kier molecular flexibility index (Phi) is 5.45. The van der Waals surface area contributed by atoms with Crippen molar-refractivity contribution in [3.8, 4) is 5.75 Å². The van der Waals surface area contributed by atoms with Crippen LogP contribution in [0.25, 0.3) is 38.1 Å². The molecule has 4 aromatic heterocycles. The molecule has 7 rings (SSSR count). The number of rotatable bonds is 4. The molecule has 0 saturated carbocycles. The lowest BCUT2D eigenvalue weighted by Crippen LogP contribution is -2.31. The third-order valence-corrected chi connectivity index (χ3v) is 7.52. The van der Waals surface area contributed by atoms with Gasteiger partial charge in [0, 0.05) is 59.0 Å². The summed E-state index contributed by atoms with van der Waals surface area (Å²) < 4.78 is 62.5. The number of halogens is 4. The van der Waals surface area contributed by atoms with Crippen molar-refractivity contribution >= 4 is 43.9 Å². The van der Waals surface area contributed by atoms with Crippen LogP contribution in [-0.4, -0.2) is 32.7 Å². The first-order valence-electron chi connectivity index (χ1n) is 13.2. The number of benzene rings is 2. The molecular weight excluding hydrogens is 522 g/mol. The minimum Gasteiger partial charge on any atom is -0.491 e. The fraction of sp³-hybridized carbons (Fsp3) is 0.267. The topological polar surface area (TPSA) is 58.4 Å². The number of para-hydroxylation sites is 1. The van der Waals surface area contributed by atoms with E-state index in [0.29, 0.717) is 43.5 Å². The summed E-state index contributed by atoms with van der Waals surface area (Å²) >= 11 is 0. The molecule has 40 heavy (non-hydrogen) atoms. The number of nitrogens with one attached hydrogen (secondary N) is 1. The maximum Gasteiger partial charge on any atom is 0.417 e. The molecule has 0 unspecified atom stereocenters. The maximum absolute atomic E-state index is 14.9. The number of pyridine rings is 2. The van der Waals surface area contributed by atoms with Gasteiger partial charge in [-0.25, -0.2) is 13.9 Å². The number of hydrogen-bond donors (Lipinski definition) is 1. The summed E-state index contributed by atoms with van der Waals surface area (Å²) in [5, 5.41) is 9.08. The Bertz CT molecular complexity index is 1940. The average molecular weight is 548 g/mol. The van der Waals surface area contributed by atoms with Crippen LogP contribution < -0.4 is 9.64 Å². The molecule has 2 aromatic carbocycles. The highest BCUT2D eigenvalue weighted by molar-refractivity contribution is 6.23. The number of hydrogen-bond acceptors (Lipinski definition) is 4. The van der Waals surface area contributed by atoms with E-state index < -0.39 is 17.6 Å². The second-order valence-electron chi connectivity index (χ2n) is 10.7. The van der Waals surface area contributed by atoms with E-state index in [4.69, 9.17) is 9.84 Å². The predicted molar refractivity (Wildman–Crippen MR) is 146 cm³/mol. The summed E-state index contributed by atoms with van der Waals surface area (Å²) in [7, 11) is 0. The standard InChI is InChI=1S/C30H25F4N5O/c1-16(2)15-40-24-5-3-4-19-25-20(7-6-17-8-10-35-26(17)25)27-21-14-38(11-9-23(21)37-39(27)28(19)24)29-22(31)12-18(13-36-29)30(32,33)34/h3-8,10,12-13,16,35H,9,11,14-15H2,1-2H3. The molecule has 0 radical (unpaired) electrons. The number of alkyl halides is 3. The zero-order valence-corrected chi connectivity index (χ0v) is 21.8. The Morgan fingerprint density at radius 3 is 2.67 bits per heavy atom. The minimum atomic E-state index is -4.66. The maximum atomic E-state index is 14.9. The Labute approximate surface area is 226 Å². The molecule has 1 aliphatic heterocycles. The summed E-state index contributed by atoms with van der Waals surface area (Å²) in [5.41, 5.74) is 3.35. The summed E-state index contributed by atoms with van der Waals surface area (Å²) in [5.74, 6) is -0.0565. The molecule has 10 heteroatoms. The van der Waals surface area contributed by atoms with E-state index in [2.05, 4.69) is 42.0 Å². The van der Waals surface area contributed by atoms with Gasteiger partial charge in [0.05, 0.1) is 28.9 Å². The van der Waals surface area contributed by atoms with E-state index in [1.807, 2.05) is 28.9 Å².